The van der Waals surface area contributed by atoms with Gasteiger partial charge in [0, 0.05) is 17.1 Å². The van der Waals surface area contributed by atoms with E-state index in [9.17, 15) is 4.79 Å². The maximum atomic E-state index is 9.98. The van der Waals surface area contributed by atoms with Gasteiger partial charge >= 0.3 is 0 Å². The molecular formula is C8H10O2S. The quantitative estimate of drug-likeness (QED) is 0.394. The van der Waals surface area contributed by atoms with Gasteiger partial charge < -0.3 is 9.21 Å². The Hall–Kier alpha value is -0.700. The molecule has 1 aromatic heterocycles. The van der Waals surface area contributed by atoms with Gasteiger partial charge in [-0.05, 0) is 13.0 Å². The molecule has 0 radical (unpaired) electrons. The van der Waals surface area contributed by atoms with Crippen LogP contribution < -0.4 is 0 Å². The monoisotopic (exact) mass is 170 g/mol. The summed E-state index contributed by atoms with van der Waals surface area (Å²) >= 11 is 1.65. The van der Waals surface area contributed by atoms with Gasteiger partial charge in [0.25, 0.3) is 0 Å². The molecule has 0 atom stereocenters. The maximum Gasteiger partial charge on any atom is 0.120 e. The molecule has 0 fully saturated rings. The summed E-state index contributed by atoms with van der Waals surface area (Å²) in [5, 5.41) is 0. The van der Waals surface area contributed by atoms with Crippen molar-refractivity contribution >= 4 is 18.0 Å². The molecule has 2 nitrogen and oxygen atoms in total. The van der Waals surface area contributed by atoms with Crippen LogP contribution in [-0.4, -0.2) is 12.0 Å². The van der Waals surface area contributed by atoms with Crippen LogP contribution in [0.3, 0.4) is 0 Å². The van der Waals surface area contributed by atoms with Crippen LogP contribution in [0, 0.1) is 6.92 Å². The summed E-state index contributed by atoms with van der Waals surface area (Å²) in [6, 6.07) is 1.92. The highest BCUT2D eigenvalue weighted by atomic mass is 32.2. The van der Waals surface area contributed by atoms with Gasteiger partial charge in [0.15, 0.2) is 0 Å². The number of furan rings is 1. The third-order valence-corrected chi connectivity index (χ3v) is 2.48. The Morgan fingerprint density at radius 2 is 2.55 bits per heavy atom. The van der Waals surface area contributed by atoms with Gasteiger partial charge in [-0.2, -0.15) is 0 Å². The van der Waals surface area contributed by atoms with E-state index >= 15 is 0 Å². The highest BCUT2D eigenvalue weighted by Crippen LogP contribution is 2.22. The van der Waals surface area contributed by atoms with Gasteiger partial charge in [-0.25, -0.2) is 0 Å². The van der Waals surface area contributed by atoms with E-state index in [1.807, 2.05) is 13.0 Å². The van der Waals surface area contributed by atoms with Crippen LogP contribution in [0.25, 0.3) is 0 Å². The summed E-state index contributed by atoms with van der Waals surface area (Å²) in [5.74, 6) is 1.77. The van der Waals surface area contributed by atoms with Crippen LogP contribution in [0.15, 0.2) is 21.6 Å². The fraction of sp³-hybridized carbons (Fsp3) is 0.375. The summed E-state index contributed by atoms with van der Waals surface area (Å²) in [6.45, 7) is 1.92. The van der Waals surface area contributed by atoms with Crippen LogP contribution >= 0.6 is 11.8 Å². The van der Waals surface area contributed by atoms with Gasteiger partial charge in [0.2, 0.25) is 0 Å². The van der Waals surface area contributed by atoms with E-state index in [0.29, 0.717) is 6.42 Å². The Kier molecular flexibility index (Phi) is 3.23. The molecule has 1 heterocycles. The normalized spacial score (nSPS) is 9.91. The van der Waals surface area contributed by atoms with E-state index in [1.165, 1.54) is 0 Å². The summed E-state index contributed by atoms with van der Waals surface area (Å²) in [4.78, 5) is 11.1. The van der Waals surface area contributed by atoms with Gasteiger partial charge in [-0.1, -0.05) is 0 Å². The number of thioether (sulfide) groups is 1. The third kappa shape index (κ3) is 2.42. The molecule has 0 aliphatic heterocycles. The largest absolute Gasteiger partial charge is 0.468 e. The number of carbonyl (C=O) groups excluding carboxylic acids is 1. The first kappa shape index (κ1) is 8.40. The number of carbonyl (C=O) groups is 1. The van der Waals surface area contributed by atoms with Gasteiger partial charge in [-0.15, -0.1) is 11.8 Å². The minimum atomic E-state index is 0.606. The Balaban J connectivity index is 2.38. The van der Waals surface area contributed by atoms with Crippen molar-refractivity contribution < 1.29 is 9.21 Å². The number of rotatable bonds is 4. The van der Waals surface area contributed by atoms with E-state index in [2.05, 4.69) is 0 Å². The predicted octanol–water partition coefficient (Wildman–Crippen LogP) is 2.27. The number of aryl methyl sites for hydroxylation is 1. The molecule has 60 valence electrons. The van der Waals surface area contributed by atoms with E-state index in [-0.39, 0.29) is 0 Å². The van der Waals surface area contributed by atoms with Crippen LogP contribution in [-0.2, 0) is 4.79 Å². The number of aldehydes is 1. The van der Waals surface area contributed by atoms with Crippen molar-refractivity contribution in [1.82, 2.24) is 0 Å². The first-order valence-electron chi connectivity index (χ1n) is 3.45. The average Bonchev–Trinajstić information content (AvgIpc) is 2.37. The van der Waals surface area contributed by atoms with Gasteiger partial charge in [0.1, 0.15) is 12.0 Å². The van der Waals surface area contributed by atoms with Crippen molar-refractivity contribution in [1.29, 1.82) is 0 Å². The molecule has 1 aromatic rings. The molecule has 0 N–H and O–H groups in total. The molecule has 0 aliphatic carbocycles. The summed E-state index contributed by atoms with van der Waals surface area (Å²) < 4.78 is 5.09. The minimum Gasteiger partial charge on any atom is -0.468 e. The Bertz CT molecular complexity index is 230. The van der Waals surface area contributed by atoms with E-state index < -0.39 is 0 Å². The summed E-state index contributed by atoms with van der Waals surface area (Å²) in [7, 11) is 0. The second kappa shape index (κ2) is 4.23. The number of hydrogen-bond acceptors (Lipinski definition) is 3. The molecule has 1 rings (SSSR count). The zero-order chi connectivity index (χ0) is 8.10. The maximum absolute atomic E-state index is 9.98. The van der Waals surface area contributed by atoms with Crippen molar-refractivity contribution in [2.75, 3.05) is 5.75 Å². The average molecular weight is 170 g/mol. The highest BCUT2D eigenvalue weighted by molar-refractivity contribution is 7.99. The molecule has 11 heavy (non-hydrogen) atoms. The fourth-order valence-electron chi connectivity index (χ4n) is 0.740. The molecule has 0 saturated carbocycles. The number of hydrogen-bond donors (Lipinski definition) is 0. The van der Waals surface area contributed by atoms with Crippen LogP contribution in [0.2, 0.25) is 0 Å². The SMILES string of the molecule is Cc1occc1SCCC=O. The van der Waals surface area contributed by atoms with Gasteiger partial charge in [0.05, 0.1) is 6.26 Å². The smallest absolute Gasteiger partial charge is 0.120 e. The lowest BCUT2D eigenvalue weighted by Gasteiger charge is -1.93. The molecule has 0 aliphatic rings. The second-order valence-electron chi connectivity index (χ2n) is 2.14. The van der Waals surface area contributed by atoms with Crippen LogP contribution in [0.5, 0.6) is 0 Å². The second-order valence-corrected chi connectivity index (χ2v) is 3.28. The zero-order valence-electron chi connectivity index (χ0n) is 6.37. The molecule has 0 amide bonds. The highest BCUT2D eigenvalue weighted by Gasteiger charge is 1.99. The zero-order valence-corrected chi connectivity index (χ0v) is 7.19. The van der Waals surface area contributed by atoms with Crippen molar-refractivity contribution in [2.45, 2.75) is 18.2 Å². The Morgan fingerprint density at radius 1 is 1.73 bits per heavy atom. The third-order valence-electron chi connectivity index (χ3n) is 1.30. The molecular weight excluding hydrogens is 160 g/mol. The van der Waals surface area contributed by atoms with E-state index in [4.69, 9.17) is 4.42 Å². The first-order valence-corrected chi connectivity index (χ1v) is 4.43. The van der Waals surface area contributed by atoms with Crippen LogP contribution in [0.4, 0.5) is 0 Å². The molecule has 0 bridgehead atoms. The standard InChI is InChI=1S/C8H10O2S/c1-7-8(3-5-10-7)11-6-2-4-9/h3-5H,2,6H2,1H3. The van der Waals surface area contributed by atoms with Crippen molar-refractivity contribution in [3.63, 3.8) is 0 Å². The van der Waals surface area contributed by atoms with Crippen LogP contribution in [0.1, 0.15) is 12.2 Å². The van der Waals surface area contributed by atoms with E-state index in [0.717, 1.165) is 22.7 Å². The lowest BCUT2D eigenvalue weighted by atomic mass is 10.5. The molecule has 0 saturated heterocycles. The topological polar surface area (TPSA) is 30.2 Å². The molecule has 0 aromatic carbocycles. The molecule has 0 spiro atoms. The van der Waals surface area contributed by atoms with Crippen molar-refractivity contribution in [2.24, 2.45) is 0 Å². The first-order chi connectivity index (χ1) is 5.34. The molecule has 0 unspecified atom stereocenters. The van der Waals surface area contributed by atoms with Crippen molar-refractivity contribution in [3.05, 3.63) is 18.1 Å². The van der Waals surface area contributed by atoms with Crippen molar-refractivity contribution in [3.8, 4) is 0 Å². The van der Waals surface area contributed by atoms with Gasteiger partial charge in [-0.3, -0.25) is 0 Å². The Morgan fingerprint density at radius 3 is 3.09 bits per heavy atom. The van der Waals surface area contributed by atoms with E-state index in [1.54, 1.807) is 18.0 Å². The minimum absolute atomic E-state index is 0.606. The lowest BCUT2D eigenvalue weighted by Crippen LogP contribution is -1.79. The summed E-state index contributed by atoms with van der Waals surface area (Å²) in [5.41, 5.74) is 0. The molecule has 3 heteroatoms. The fourth-order valence-corrected chi connectivity index (χ4v) is 1.58. The predicted molar refractivity (Wildman–Crippen MR) is 44.9 cm³/mol. The Labute approximate surface area is 70.0 Å². The lowest BCUT2D eigenvalue weighted by molar-refractivity contribution is -0.107. The summed E-state index contributed by atoms with van der Waals surface area (Å²) in [6.07, 6.45) is 3.20.